The molecule has 2 fully saturated rings. The molecule has 0 radical (unpaired) electrons. The molecular formula is C18H42. The van der Waals surface area contributed by atoms with Gasteiger partial charge in [-0.05, 0) is 11.8 Å². The predicted molar refractivity (Wildman–Crippen MR) is 89.3 cm³/mol. The van der Waals surface area contributed by atoms with E-state index in [0.29, 0.717) is 0 Å². The Hall–Kier alpha value is 0. The van der Waals surface area contributed by atoms with Crippen molar-refractivity contribution in [2.75, 3.05) is 0 Å². The van der Waals surface area contributed by atoms with Crippen molar-refractivity contribution in [3.05, 3.63) is 0 Å². The fraction of sp³-hybridized carbons (Fsp3) is 1.00. The molecule has 0 aromatic heterocycles. The highest BCUT2D eigenvalue weighted by molar-refractivity contribution is 4.78. The lowest BCUT2D eigenvalue weighted by atomic mass is 9.71. The monoisotopic (exact) mass is 258 g/mol. The van der Waals surface area contributed by atoms with Gasteiger partial charge in [0.1, 0.15) is 0 Å². The Kier molecular flexibility index (Phi) is 28.5. The van der Waals surface area contributed by atoms with Gasteiger partial charge in [0.15, 0.2) is 0 Å². The van der Waals surface area contributed by atoms with Gasteiger partial charge in [-0.1, -0.05) is 107 Å². The third-order valence-electron chi connectivity index (χ3n) is 3.47. The van der Waals surface area contributed by atoms with Crippen LogP contribution in [0.2, 0.25) is 0 Å². The Morgan fingerprint density at radius 3 is 0.722 bits per heavy atom. The molecule has 114 valence electrons. The molecule has 0 spiro atoms. The van der Waals surface area contributed by atoms with Crippen LogP contribution in [0.1, 0.15) is 107 Å². The lowest BCUT2D eigenvalue weighted by molar-refractivity contribution is 0.171. The van der Waals surface area contributed by atoms with E-state index in [1.54, 1.807) is 25.7 Å². The van der Waals surface area contributed by atoms with Crippen molar-refractivity contribution in [1.82, 2.24) is 0 Å². The van der Waals surface area contributed by atoms with Gasteiger partial charge in [-0.2, -0.15) is 0 Å². The van der Waals surface area contributed by atoms with E-state index in [4.69, 9.17) is 0 Å². The van der Waals surface area contributed by atoms with Crippen molar-refractivity contribution in [1.29, 1.82) is 0 Å². The second-order valence-electron chi connectivity index (χ2n) is 4.09. The number of hydrogen-bond acceptors (Lipinski definition) is 0. The van der Waals surface area contributed by atoms with Crippen molar-refractivity contribution in [3.63, 3.8) is 0 Å². The van der Waals surface area contributed by atoms with Crippen LogP contribution in [0.3, 0.4) is 0 Å². The topological polar surface area (TPSA) is 0 Å². The van der Waals surface area contributed by atoms with E-state index in [0.717, 1.165) is 11.8 Å². The Bertz CT molecular complexity index is 80.6. The maximum Gasteiger partial charge on any atom is -0.0386 e. The molecule has 0 aromatic carbocycles. The van der Waals surface area contributed by atoms with Gasteiger partial charge < -0.3 is 0 Å². The van der Waals surface area contributed by atoms with Crippen LogP contribution in [0.15, 0.2) is 0 Å². The van der Waals surface area contributed by atoms with E-state index in [-0.39, 0.29) is 0 Å². The lowest BCUT2D eigenvalue weighted by Gasteiger charge is -2.35. The second-order valence-corrected chi connectivity index (χ2v) is 4.09. The summed E-state index contributed by atoms with van der Waals surface area (Å²) in [5.74, 6) is 2.31. The molecule has 0 atom stereocenters. The van der Waals surface area contributed by atoms with Gasteiger partial charge in [-0.25, -0.2) is 0 Å². The van der Waals surface area contributed by atoms with Crippen LogP contribution >= 0.6 is 0 Å². The summed E-state index contributed by atoms with van der Waals surface area (Å²) in [4.78, 5) is 0. The van der Waals surface area contributed by atoms with Gasteiger partial charge >= 0.3 is 0 Å². The Labute approximate surface area is 119 Å². The Morgan fingerprint density at radius 1 is 0.389 bits per heavy atom. The zero-order valence-electron chi connectivity index (χ0n) is 14.8. The Balaban J connectivity index is -0.000000244. The average Bonchev–Trinajstić information content (AvgIpc) is 2.55. The van der Waals surface area contributed by atoms with Gasteiger partial charge in [0, 0.05) is 0 Å². The summed E-state index contributed by atoms with van der Waals surface area (Å²) >= 11 is 0. The molecule has 0 heterocycles. The smallest absolute Gasteiger partial charge is 0.0386 e. The molecule has 0 bridgehead atoms. The largest absolute Gasteiger partial charge is 0.0683 e. The number of fused-ring (bicyclic) bond motifs is 1. The SMILES string of the molecule is C1CCC2CCCCC2C1.CC.CC.CC.CC. The quantitative estimate of drug-likeness (QED) is 0.422. The molecule has 0 heteroatoms. The minimum absolute atomic E-state index is 1.16. The van der Waals surface area contributed by atoms with Gasteiger partial charge in [-0.3, -0.25) is 0 Å². The van der Waals surface area contributed by atoms with Crippen LogP contribution in [0.25, 0.3) is 0 Å². The molecule has 0 nitrogen and oxygen atoms in total. The summed E-state index contributed by atoms with van der Waals surface area (Å²) in [5.41, 5.74) is 0. The first-order valence-corrected chi connectivity index (χ1v) is 8.97. The normalized spacial score (nSPS) is 24.0. The van der Waals surface area contributed by atoms with Crippen LogP contribution in [0, 0.1) is 11.8 Å². The zero-order chi connectivity index (χ0) is 14.8. The summed E-state index contributed by atoms with van der Waals surface area (Å²) in [6, 6.07) is 0. The number of hydrogen-bond donors (Lipinski definition) is 0. The van der Waals surface area contributed by atoms with Gasteiger partial charge in [-0.15, -0.1) is 0 Å². The summed E-state index contributed by atoms with van der Waals surface area (Å²) in [6.07, 6.45) is 12.4. The molecule has 0 saturated heterocycles. The molecule has 0 unspecified atom stereocenters. The van der Waals surface area contributed by atoms with Gasteiger partial charge in [0.25, 0.3) is 0 Å². The fourth-order valence-electron chi connectivity index (χ4n) is 2.86. The fourth-order valence-corrected chi connectivity index (χ4v) is 2.86. The van der Waals surface area contributed by atoms with E-state index < -0.39 is 0 Å². The van der Waals surface area contributed by atoms with Crippen molar-refractivity contribution < 1.29 is 0 Å². The van der Waals surface area contributed by atoms with Crippen LogP contribution in [-0.4, -0.2) is 0 Å². The first-order chi connectivity index (χ1) is 8.97. The van der Waals surface area contributed by atoms with Crippen molar-refractivity contribution in [3.8, 4) is 0 Å². The summed E-state index contributed by atoms with van der Waals surface area (Å²) in [5, 5.41) is 0. The lowest BCUT2D eigenvalue weighted by Crippen LogP contribution is -2.22. The minimum atomic E-state index is 1.16. The van der Waals surface area contributed by atoms with Crippen molar-refractivity contribution >= 4 is 0 Å². The molecule has 0 aromatic rings. The van der Waals surface area contributed by atoms with Crippen molar-refractivity contribution in [2.24, 2.45) is 11.8 Å². The maximum absolute atomic E-state index is 2.00. The standard InChI is InChI=1S/C10H18.4C2H6/c1-2-6-10-8-4-3-7-9(10)5-1;4*1-2/h9-10H,1-8H2;4*1-2H3. The Morgan fingerprint density at radius 2 is 0.556 bits per heavy atom. The molecule has 18 heavy (non-hydrogen) atoms. The number of rotatable bonds is 0. The molecule has 2 aliphatic carbocycles. The molecule has 0 aliphatic heterocycles. The predicted octanol–water partition coefficient (Wildman–Crippen LogP) is 7.47. The first-order valence-electron chi connectivity index (χ1n) is 8.97. The van der Waals surface area contributed by atoms with Crippen LogP contribution in [0.5, 0.6) is 0 Å². The van der Waals surface area contributed by atoms with Crippen LogP contribution in [0.4, 0.5) is 0 Å². The first kappa shape index (κ1) is 23.1. The molecular weight excluding hydrogens is 216 g/mol. The van der Waals surface area contributed by atoms with E-state index in [1.807, 2.05) is 55.4 Å². The molecule has 2 aliphatic rings. The highest BCUT2D eigenvalue weighted by Crippen LogP contribution is 2.39. The van der Waals surface area contributed by atoms with E-state index >= 15 is 0 Å². The molecule has 0 N–H and O–H groups in total. The van der Waals surface area contributed by atoms with Crippen LogP contribution in [-0.2, 0) is 0 Å². The third-order valence-corrected chi connectivity index (χ3v) is 3.47. The summed E-state index contributed by atoms with van der Waals surface area (Å²) < 4.78 is 0. The molecule has 2 saturated carbocycles. The molecule has 0 amide bonds. The second kappa shape index (κ2) is 22.2. The third kappa shape index (κ3) is 11.1. The van der Waals surface area contributed by atoms with E-state index in [2.05, 4.69) is 0 Å². The molecule has 2 rings (SSSR count). The summed E-state index contributed by atoms with van der Waals surface area (Å²) in [7, 11) is 0. The van der Waals surface area contributed by atoms with Crippen molar-refractivity contribution in [2.45, 2.75) is 107 Å². The maximum atomic E-state index is 2.00. The summed E-state index contributed by atoms with van der Waals surface area (Å²) in [6.45, 7) is 16.0. The highest BCUT2D eigenvalue weighted by Gasteiger charge is 2.26. The van der Waals surface area contributed by atoms with Gasteiger partial charge in [0.05, 0.1) is 0 Å². The van der Waals surface area contributed by atoms with Crippen LogP contribution < -0.4 is 0 Å². The zero-order valence-corrected chi connectivity index (χ0v) is 14.8. The minimum Gasteiger partial charge on any atom is -0.0683 e. The van der Waals surface area contributed by atoms with Gasteiger partial charge in [0.2, 0.25) is 0 Å². The highest BCUT2D eigenvalue weighted by atomic mass is 14.3. The van der Waals surface area contributed by atoms with E-state index in [1.165, 1.54) is 25.7 Å². The average molecular weight is 259 g/mol. The van der Waals surface area contributed by atoms with E-state index in [9.17, 15) is 0 Å².